The molecule has 1 aromatic heterocycles. The number of aromatic amines is 1. The summed E-state index contributed by atoms with van der Waals surface area (Å²) >= 11 is 0. The lowest BCUT2D eigenvalue weighted by Crippen LogP contribution is -2.49. The van der Waals surface area contributed by atoms with Crippen LogP contribution in [-0.2, 0) is 0 Å². The molecule has 3 heterocycles. The molecule has 4 rings (SSSR count). The van der Waals surface area contributed by atoms with Crippen molar-refractivity contribution in [3.05, 3.63) is 17.5 Å². The summed E-state index contributed by atoms with van der Waals surface area (Å²) in [6, 6.07) is 2.53. The average molecular weight is 368 g/mol. The molecule has 1 saturated carbocycles. The van der Waals surface area contributed by atoms with Crippen molar-refractivity contribution in [3.63, 3.8) is 0 Å². The number of amides is 1. The maximum Gasteiger partial charge on any atom is 0.274 e. The number of likely N-dealkylation sites (tertiary alicyclic amines) is 1. The second kappa shape index (κ2) is 8.52. The SMILES string of the molecule is Cl.O=C(c1cc(C2CCCCC2)[nH]n1)N1CCC(N2CCNCC2)C1. The number of rotatable bonds is 3. The normalized spacial score (nSPS) is 25.8. The summed E-state index contributed by atoms with van der Waals surface area (Å²) in [5.74, 6) is 0.672. The van der Waals surface area contributed by atoms with Gasteiger partial charge in [0.2, 0.25) is 0 Å². The van der Waals surface area contributed by atoms with Crippen LogP contribution in [0.1, 0.15) is 60.6 Å². The number of H-pyrrole nitrogens is 1. The lowest BCUT2D eigenvalue weighted by Gasteiger charge is -2.32. The first kappa shape index (κ1) is 18.7. The van der Waals surface area contributed by atoms with E-state index in [4.69, 9.17) is 0 Å². The van der Waals surface area contributed by atoms with Crippen LogP contribution in [0, 0.1) is 0 Å². The van der Waals surface area contributed by atoms with E-state index in [1.165, 1.54) is 32.1 Å². The van der Waals surface area contributed by atoms with Crippen molar-refractivity contribution in [1.29, 1.82) is 0 Å². The summed E-state index contributed by atoms with van der Waals surface area (Å²) in [5.41, 5.74) is 1.77. The standard InChI is InChI=1S/C18H29N5O.ClH/c24-18(17-12-16(20-21-17)14-4-2-1-3-5-14)23-9-6-15(13-23)22-10-7-19-8-11-22;/h12,14-15,19H,1-11,13H2,(H,20,21);1H. The highest BCUT2D eigenvalue weighted by atomic mass is 35.5. The Morgan fingerprint density at radius 1 is 1.08 bits per heavy atom. The van der Waals surface area contributed by atoms with E-state index in [-0.39, 0.29) is 18.3 Å². The molecule has 1 aromatic rings. The van der Waals surface area contributed by atoms with Crippen LogP contribution in [0.25, 0.3) is 0 Å². The van der Waals surface area contributed by atoms with Crippen molar-refractivity contribution in [2.24, 2.45) is 0 Å². The molecular weight excluding hydrogens is 338 g/mol. The third-order valence-electron chi connectivity index (χ3n) is 5.98. The number of aromatic nitrogens is 2. The Labute approximate surface area is 156 Å². The largest absolute Gasteiger partial charge is 0.336 e. The number of carbonyl (C=O) groups excluding carboxylic acids is 1. The van der Waals surface area contributed by atoms with Crippen LogP contribution in [-0.4, -0.2) is 71.2 Å². The van der Waals surface area contributed by atoms with E-state index >= 15 is 0 Å². The molecule has 1 unspecified atom stereocenters. The van der Waals surface area contributed by atoms with Gasteiger partial charge in [0.25, 0.3) is 5.91 Å². The van der Waals surface area contributed by atoms with Gasteiger partial charge in [-0.15, -0.1) is 12.4 Å². The van der Waals surface area contributed by atoms with Crippen LogP contribution in [0.4, 0.5) is 0 Å². The maximum atomic E-state index is 12.8. The zero-order valence-electron chi connectivity index (χ0n) is 14.9. The molecule has 2 aliphatic heterocycles. The Morgan fingerprint density at radius 2 is 1.84 bits per heavy atom. The van der Waals surface area contributed by atoms with Gasteiger partial charge in [-0.05, 0) is 25.3 Å². The Bertz CT molecular complexity index is 566. The first-order valence-electron chi connectivity index (χ1n) is 9.60. The summed E-state index contributed by atoms with van der Waals surface area (Å²) < 4.78 is 0. The highest BCUT2D eigenvalue weighted by Gasteiger charge is 2.32. The molecule has 0 spiro atoms. The van der Waals surface area contributed by atoms with Gasteiger partial charge in [0.1, 0.15) is 5.69 Å². The second-order valence-electron chi connectivity index (χ2n) is 7.52. The van der Waals surface area contributed by atoms with Gasteiger partial charge in [-0.3, -0.25) is 14.8 Å². The van der Waals surface area contributed by atoms with Crippen LogP contribution in [0.5, 0.6) is 0 Å². The molecule has 1 amide bonds. The number of nitrogens with one attached hydrogen (secondary N) is 2. The highest BCUT2D eigenvalue weighted by Crippen LogP contribution is 2.32. The van der Waals surface area contributed by atoms with Crippen LogP contribution in [0.3, 0.4) is 0 Å². The highest BCUT2D eigenvalue weighted by molar-refractivity contribution is 5.92. The molecule has 3 fully saturated rings. The quantitative estimate of drug-likeness (QED) is 0.857. The maximum absolute atomic E-state index is 12.8. The Balaban J connectivity index is 0.00000182. The summed E-state index contributed by atoms with van der Waals surface area (Å²) in [4.78, 5) is 17.3. The van der Waals surface area contributed by atoms with E-state index in [2.05, 4.69) is 20.4 Å². The van der Waals surface area contributed by atoms with Gasteiger partial charge in [-0.1, -0.05) is 19.3 Å². The lowest BCUT2D eigenvalue weighted by molar-refractivity contribution is 0.0767. The van der Waals surface area contributed by atoms with Crippen molar-refractivity contribution in [2.75, 3.05) is 39.3 Å². The van der Waals surface area contributed by atoms with Crippen molar-refractivity contribution in [1.82, 2.24) is 25.3 Å². The van der Waals surface area contributed by atoms with Gasteiger partial charge in [0, 0.05) is 56.9 Å². The summed E-state index contributed by atoms with van der Waals surface area (Å²) in [6.07, 6.45) is 7.48. The fourth-order valence-corrected chi connectivity index (χ4v) is 4.50. The van der Waals surface area contributed by atoms with Crippen LogP contribution in [0.15, 0.2) is 6.07 Å². The van der Waals surface area contributed by atoms with Gasteiger partial charge in [-0.2, -0.15) is 5.10 Å². The molecule has 7 heteroatoms. The average Bonchev–Trinajstić information content (AvgIpc) is 3.33. The van der Waals surface area contributed by atoms with E-state index < -0.39 is 0 Å². The van der Waals surface area contributed by atoms with Gasteiger partial charge in [0.05, 0.1) is 0 Å². The van der Waals surface area contributed by atoms with Gasteiger partial charge >= 0.3 is 0 Å². The fourth-order valence-electron chi connectivity index (χ4n) is 4.50. The Hall–Kier alpha value is -1.11. The molecule has 2 N–H and O–H groups in total. The molecule has 0 bridgehead atoms. The molecule has 140 valence electrons. The minimum absolute atomic E-state index is 0. The van der Waals surface area contributed by atoms with E-state index in [1.54, 1.807) is 0 Å². The molecule has 0 radical (unpaired) electrons. The minimum atomic E-state index is 0. The number of halogens is 1. The number of nitrogens with zero attached hydrogens (tertiary/aromatic N) is 3. The molecule has 2 saturated heterocycles. The van der Waals surface area contributed by atoms with Crippen LogP contribution < -0.4 is 5.32 Å². The predicted octanol–water partition coefficient (Wildman–Crippen LogP) is 2.00. The van der Waals surface area contributed by atoms with E-state index in [0.29, 0.717) is 17.7 Å². The second-order valence-corrected chi connectivity index (χ2v) is 7.52. The van der Waals surface area contributed by atoms with E-state index in [9.17, 15) is 4.79 Å². The van der Waals surface area contributed by atoms with E-state index in [0.717, 1.165) is 51.4 Å². The molecule has 3 aliphatic rings. The van der Waals surface area contributed by atoms with Crippen molar-refractivity contribution >= 4 is 18.3 Å². The third kappa shape index (κ3) is 4.18. The third-order valence-corrected chi connectivity index (χ3v) is 5.98. The first-order valence-corrected chi connectivity index (χ1v) is 9.60. The van der Waals surface area contributed by atoms with Gasteiger partial charge < -0.3 is 10.2 Å². The minimum Gasteiger partial charge on any atom is -0.336 e. The van der Waals surface area contributed by atoms with Crippen LogP contribution >= 0.6 is 12.4 Å². The topological polar surface area (TPSA) is 64.3 Å². The molecule has 1 atom stereocenters. The molecular formula is C18H30ClN5O. The Kier molecular flexibility index (Phi) is 6.36. The fraction of sp³-hybridized carbons (Fsp3) is 0.778. The van der Waals surface area contributed by atoms with Gasteiger partial charge in [0.15, 0.2) is 0 Å². The predicted molar refractivity (Wildman–Crippen MR) is 100 cm³/mol. The number of hydrogen-bond donors (Lipinski definition) is 2. The molecule has 25 heavy (non-hydrogen) atoms. The summed E-state index contributed by atoms with van der Waals surface area (Å²) in [5, 5.41) is 10.9. The van der Waals surface area contributed by atoms with E-state index in [1.807, 2.05) is 11.0 Å². The monoisotopic (exact) mass is 367 g/mol. The van der Waals surface area contributed by atoms with Crippen molar-refractivity contribution in [2.45, 2.75) is 50.5 Å². The number of carbonyl (C=O) groups is 1. The zero-order valence-corrected chi connectivity index (χ0v) is 15.7. The van der Waals surface area contributed by atoms with Crippen LogP contribution in [0.2, 0.25) is 0 Å². The smallest absolute Gasteiger partial charge is 0.274 e. The Morgan fingerprint density at radius 3 is 2.60 bits per heavy atom. The lowest BCUT2D eigenvalue weighted by atomic mass is 9.87. The zero-order chi connectivity index (χ0) is 16.4. The number of hydrogen-bond acceptors (Lipinski definition) is 4. The van der Waals surface area contributed by atoms with Crippen molar-refractivity contribution in [3.8, 4) is 0 Å². The molecule has 0 aromatic carbocycles. The van der Waals surface area contributed by atoms with Crippen molar-refractivity contribution < 1.29 is 4.79 Å². The van der Waals surface area contributed by atoms with Gasteiger partial charge in [-0.25, -0.2) is 0 Å². The molecule has 6 nitrogen and oxygen atoms in total. The summed E-state index contributed by atoms with van der Waals surface area (Å²) in [6.45, 7) is 6.04. The molecule has 1 aliphatic carbocycles. The first-order chi connectivity index (χ1) is 11.8. The summed E-state index contributed by atoms with van der Waals surface area (Å²) in [7, 11) is 0. The number of piperazine rings is 1.